The molecule has 0 atom stereocenters. The largest absolute Gasteiger partial charge is 0.309 e. The number of fused-ring (bicyclic) bond motifs is 6. The first-order chi connectivity index (χ1) is 17.7. The van der Waals surface area contributed by atoms with E-state index in [1.807, 2.05) is 6.20 Å². The second-order valence-electron chi connectivity index (χ2n) is 9.88. The molecule has 0 N–H and O–H groups in total. The van der Waals surface area contributed by atoms with Crippen molar-refractivity contribution in [3.63, 3.8) is 0 Å². The van der Waals surface area contributed by atoms with Crippen molar-refractivity contribution >= 4 is 43.4 Å². The molecule has 0 unspecified atom stereocenters. The standard InChI is InChI=1S/C34H26N2/c1-22(2)24-19-25(34-31-16-15-23-9-3-4-10-27(23)28(31)17-18-35-34)21-26(20-24)36-32-13-7-5-11-29(32)30-12-6-8-14-33(30)36/h3-22H,1-2H3. The normalized spacial score (nSPS) is 11.9. The van der Waals surface area contributed by atoms with Crippen LogP contribution in [0, 0.1) is 0 Å². The number of rotatable bonds is 3. The Morgan fingerprint density at radius 1 is 0.583 bits per heavy atom. The van der Waals surface area contributed by atoms with Gasteiger partial charge >= 0.3 is 0 Å². The molecule has 2 aromatic heterocycles. The molecule has 36 heavy (non-hydrogen) atoms. The zero-order valence-electron chi connectivity index (χ0n) is 20.4. The number of hydrogen-bond acceptors (Lipinski definition) is 1. The summed E-state index contributed by atoms with van der Waals surface area (Å²) in [6.07, 6.45) is 1.95. The Bertz CT molecular complexity index is 1870. The van der Waals surface area contributed by atoms with E-state index >= 15 is 0 Å². The van der Waals surface area contributed by atoms with Gasteiger partial charge in [0.05, 0.1) is 16.7 Å². The molecule has 7 rings (SSSR count). The maximum absolute atomic E-state index is 4.92. The van der Waals surface area contributed by atoms with Gasteiger partial charge < -0.3 is 4.57 Å². The minimum atomic E-state index is 0.396. The quantitative estimate of drug-likeness (QED) is 0.239. The summed E-state index contributed by atoms with van der Waals surface area (Å²) in [5.41, 5.74) is 7.11. The molecule has 0 saturated carbocycles. The van der Waals surface area contributed by atoms with E-state index in [0.717, 1.165) is 11.3 Å². The number of pyridine rings is 1. The van der Waals surface area contributed by atoms with Gasteiger partial charge in [0.15, 0.2) is 0 Å². The van der Waals surface area contributed by atoms with Crippen molar-refractivity contribution in [2.24, 2.45) is 0 Å². The van der Waals surface area contributed by atoms with E-state index < -0.39 is 0 Å². The van der Waals surface area contributed by atoms with Crippen LogP contribution < -0.4 is 0 Å². The van der Waals surface area contributed by atoms with Gasteiger partial charge in [-0.1, -0.05) is 86.6 Å². The SMILES string of the molecule is CC(C)c1cc(-c2nccc3c2ccc2ccccc23)cc(-n2c3ccccc3c3ccccc32)c1. The molecular formula is C34H26N2. The summed E-state index contributed by atoms with van der Waals surface area (Å²) in [5.74, 6) is 0.396. The minimum absolute atomic E-state index is 0.396. The van der Waals surface area contributed by atoms with Gasteiger partial charge in [-0.05, 0) is 64.0 Å². The summed E-state index contributed by atoms with van der Waals surface area (Å²) in [6, 6.07) is 39.5. The first kappa shape index (κ1) is 20.9. The van der Waals surface area contributed by atoms with Crippen LogP contribution in [-0.2, 0) is 0 Å². The molecule has 7 aromatic rings. The zero-order chi connectivity index (χ0) is 24.2. The third kappa shape index (κ3) is 3.15. The van der Waals surface area contributed by atoms with Gasteiger partial charge in [0.2, 0.25) is 0 Å². The summed E-state index contributed by atoms with van der Waals surface area (Å²) < 4.78 is 2.40. The molecule has 0 fully saturated rings. The van der Waals surface area contributed by atoms with Crippen LogP contribution in [0.1, 0.15) is 25.3 Å². The fraction of sp³-hybridized carbons (Fsp3) is 0.0882. The lowest BCUT2D eigenvalue weighted by atomic mass is 9.95. The van der Waals surface area contributed by atoms with Crippen LogP contribution in [0.4, 0.5) is 0 Å². The van der Waals surface area contributed by atoms with Crippen molar-refractivity contribution in [3.8, 4) is 16.9 Å². The number of para-hydroxylation sites is 2. The molecule has 172 valence electrons. The lowest BCUT2D eigenvalue weighted by molar-refractivity contribution is 0.864. The third-order valence-electron chi connectivity index (χ3n) is 7.39. The Hall–Kier alpha value is -4.43. The van der Waals surface area contributed by atoms with Crippen LogP contribution in [0.3, 0.4) is 0 Å². The first-order valence-electron chi connectivity index (χ1n) is 12.6. The third-order valence-corrected chi connectivity index (χ3v) is 7.39. The van der Waals surface area contributed by atoms with E-state index in [2.05, 4.69) is 128 Å². The van der Waals surface area contributed by atoms with Gasteiger partial charge in [0.1, 0.15) is 0 Å². The van der Waals surface area contributed by atoms with Crippen molar-refractivity contribution in [3.05, 3.63) is 121 Å². The number of benzene rings is 5. The maximum Gasteiger partial charge on any atom is 0.0781 e. The fourth-order valence-electron chi connectivity index (χ4n) is 5.60. The molecule has 2 heteroatoms. The van der Waals surface area contributed by atoms with Crippen LogP contribution in [0.2, 0.25) is 0 Å². The molecule has 5 aromatic carbocycles. The second kappa shape index (κ2) is 8.07. The van der Waals surface area contributed by atoms with E-state index in [1.165, 1.54) is 54.6 Å². The Morgan fingerprint density at radius 3 is 1.97 bits per heavy atom. The van der Waals surface area contributed by atoms with Crippen molar-refractivity contribution in [1.29, 1.82) is 0 Å². The van der Waals surface area contributed by atoms with Crippen molar-refractivity contribution in [1.82, 2.24) is 9.55 Å². The molecule has 2 nitrogen and oxygen atoms in total. The molecule has 0 aliphatic heterocycles. The van der Waals surface area contributed by atoms with Crippen LogP contribution in [0.5, 0.6) is 0 Å². The highest BCUT2D eigenvalue weighted by atomic mass is 15.0. The van der Waals surface area contributed by atoms with Gasteiger partial charge in [-0.15, -0.1) is 0 Å². The highest BCUT2D eigenvalue weighted by Crippen LogP contribution is 2.37. The summed E-state index contributed by atoms with van der Waals surface area (Å²) in [5, 5.41) is 7.50. The monoisotopic (exact) mass is 462 g/mol. The summed E-state index contributed by atoms with van der Waals surface area (Å²) in [6.45, 7) is 4.53. The maximum atomic E-state index is 4.92. The molecule has 0 spiro atoms. The van der Waals surface area contributed by atoms with Gasteiger partial charge in [-0.25, -0.2) is 0 Å². The van der Waals surface area contributed by atoms with E-state index in [0.29, 0.717) is 5.92 Å². The summed E-state index contributed by atoms with van der Waals surface area (Å²) in [7, 11) is 0. The van der Waals surface area contributed by atoms with Crippen LogP contribution in [-0.4, -0.2) is 9.55 Å². The van der Waals surface area contributed by atoms with Gasteiger partial charge in [0.25, 0.3) is 0 Å². The Labute approximate surface area is 210 Å². The molecule has 0 saturated heterocycles. The highest BCUT2D eigenvalue weighted by molar-refractivity contribution is 6.12. The molecule has 0 amide bonds. The van der Waals surface area contributed by atoms with Gasteiger partial charge in [-0.3, -0.25) is 4.98 Å². The van der Waals surface area contributed by atoms with Gasteiger partial charge in [-0.2, -0.15) is 0 Å². The fourth-order valence-corrected chi connectivity index (χ4v) is 5.60. The predicted molar refractivity (Wildman–Crippen MR) is 153 cm³/mol. The number of aromatic nitrogens is 2. The first-order valence-corrected chi connectivity index (χ1v) is 12.6. The van der Waals surface area contributed by atoms with Gasteiger partial charge in [0, 0.05) is 33.6 Å². The topological polar surface area (TPSA) is 17.8 Å². The molecule has 2 heterocycles. The predicted octanol–water partition coefficient (Wildman–Crippen LogP) is 9.28. The molecule has 0 aliphatic carbocycles. The number of hydrogen-bond donors (Lipinski definition) is 0. The Morgan fingerprint density at radius 2 is 1.25 bits per heavy atom. The van der Waals surface area contributed by atoms with E-state index in [9.17, 15) is 0 Å². The second-order valence-corrected chi connectivity index (χ2v) is 9.88. The zero-order valence-corrected chi connectivity index (χ0v) is 20.4. The molecule has 0 radical (unpaired) electrons. The van der Waals surface area contributed by atoms with Crippen molar-refractivity contribution in [2.45, 2.75) is 19.8 Å². The van der Waals surface area contributed by atoms with E-state index in [-0.39, 0.29) is 0 Å². The lowest BCUT2D eigenvalue weighted by Gasteiger charge is -2.16. The van der Waals surface area contributed by atoms with E-state index in [1.54, 1.807) is 0 Å². The smallest absolute Gasteiger partial charge is 0.0781 e. The lowest BCUT2D eigenvalue weighted by Crippen LogP contribution is -1.99. The number of nitrogens with zero attached hydrogens (tertiary/aromatic N) is 2. The summed E-state index contributed by atoms with van der Waals surface area (Å²) in [4.78, 5) is 4.92. The highest BCUT2D eigenvalue weighted by Gasteiger charge is 2.16. The van der Waals surface area contributed by atoms with Crippen LogP contribution in [0.25, 0.3) is 60.3 Å². The van der Waals surface area contributed by atoms with Crippen LogP contribution in [0.15, 0.2) is 115 Å². The summed E-state index contributed by atoms with van der Waals surface area (Å²) >= 11 is 0. The average molecular weight is 463 g/mol. The molecular weight excluding hydrogens is 436 g/mol. The Kier molecular flexibility index (Phi) is 4.68. The minimum Gasteiger partial charge on any atom is -0.309 e. The molecule has 0 bridgehead atoms. The van der Waals surface area contributed by atoms with Crippen LogP contribution >= 0.6 is 0 Å². The molecule has 0 aliphatic rings. The van der Waals surface area contributed by atoms with Crippen molar-refractivity contribution in [2.75, 3.05) is 0 Å². The average Bonchev–Trinajstić information content (AvgIpc) is 3.27. The van der Waals surface area contributed by atoms with Crippen molar-refractivity contribution < 1.29 is 0 Å². The van der Waals surface area contributed by atoms with E-state index in [4.69, 9.17) is 4.98 Å². The Balaban J connectivity index is 1.55.